The number of ketones is 1. The number of aromatic hydroxyl groups is 1. The molecule has 0 fully saturated rings. The van der Waals surface area contributed by atoms with Gasteiger partial charge in [-0.25, -0.2) is 0 Å². The molecule has 2 heteroatoms. The Morgan fingerprint density at radius 2 is 1.67 bits per heavy atom. The summed E-state index contributed by atoms with van der Waals surface area (Å²) in [4.78, 5) is 12.0. The smallest absolute Gasteiger partial charge is 0.186 e. The largest absolute Gasteiger partial charge is 0.508 e. The highest BCUT2D eigenvalue weighted by molar-refractivity contribution is 6.11. The molecule has 2 aromatic carbocycles. The predicted molar refractivity (Wildman–Crippen MR) is 70.6 cm³/mol. The van der Waals surface area contributed by atoms with Crippen LogP contribution < -0.4 is 0 Å². The van der Waals surface area contributed by atoms with Crippen LogP contribution in [0, 0.1) is 0 Å². The van der Waals surface area contributed by atoms with Gasteiger partial charge in [0.2, 0.25) is 0 Å². The third-order valence-electron chi connectivity index (χ3n) is 3.21. The van der Waals surface area contributed by atoms with Gasteiger partial charge in [0, 0.05) is 5.56 Å². The van der Waals surface area contributed by atoms with Crippen molar-refractivity contribution in [2.24, 2.45) is 0 Å². The zero-order valence-electron chi connectivity index (χ0n) is 9.76. The van der Waals surface area contributed by atoms with Crippen LogP contribution in [-0.2, 0) is 6.42 Å². The fourth-order valence-corrected chi connectivity index (χ4v) is 2.27. The number of carbonyl (C=O) groups excluding carboxylic acids is 1. The Bertz CT molecular complexity index is 636. The van der Waals surface area contributed by atoms with E-state index in [1.807, 2.05) is 36.4 Å². The fourth-order valence-electron chi connectivity index (χ4n) is 2.27. The van der Waals surface area contributed by atoms with Gasteiger partial charge in [-0.15, -0.1) is 0 Å². The number of fused-ring (bicyclic) bond motifs is 1. The van der Waals surface area contributed by atoms with Gasteiger partial charge in [-0.2, -0.15) is 0 Å². The lowest BCUT2D eigenvalue weighted by molar-refractivity contribution is 0.104. The summed E-state index contributed by atoms with van der Waals surface area (Å²) >= 11 is 0. The molecule has 2 aromatic rings. The van der Waals surface area contributed by atoms with Crippen LogP contribution in [-0.4, -0.2) is 10.9 Å². The maximum absolute atomic E-state index is 12.0. The molecule has 0 heterocycles. The number of phenols is 1. The Morgan fingerprint density at radius 1 is 0.944 bits per heavy atom. The monoisotopic (exact) mass is 236 g/mol. The summed E-state index contributed by atoms with van der Waals surface area (Å²) in [6.07, 6.45) is 2.45. The lowest BCUT2D eigenvalue weighted by atomic mass is 9.87. The molecule has 0 unspecified atom stereocenters. The van der Waals surface area contributed by atoms with Crippen LogP contribution in [0.2, 0.25) is 0 Å². The quantitative estimate of drug-likeness (QED) is 0.825. The maximum atomic E-state index is 12.0. The Kier molecular flexibility index (Phi) is 2.49. The van der Waals surface area contributed by atoms with Crippen molar-refractivity contribution in [3.63, 3.8) is 0 Å². The molecule has 18 heavy (non-hydrogen) atoms. The van der Waals surface area contributed by atoms with Crippen molar-refractivity contribution >= 4 is 11.4 Å². The second-order valence-electron chi connectivity index (χ2n) is 4.41. The summed E-state index contributed by atoms with van der Waals surface area (Å²) in [6, 6.07) is 14.6. The highest BCUT2D eigenvalue weighted by atomic mass is 16.3. The molecular weight excluding hydrogens is 224 g/mol. The normalized spacial score (nSPS) is 14.0. The molecule has 3 rings (SSSR count). The molecule has 0 bridgehead atoms. The first-order valence-electron chi connectivity index (χ1n) is 5.86. The van der Waals surface area contributed by atoms with Gasteiger partial charge in [0.15, 0.2) is 5.78 Å². The van der Waals surface area contributed by atoms with Crippen LogP contribution in [0.25, 0.3) is 5.57 Å². The summed E-state index contributed by atoms with van der Waals surface area (Å²) in [5.74, 6) is 0.293. The van der Waals surface area contributed by atoms with Gasteiger partial charge in [0.25, 0.3) is 0 Å². The average Bonchev–Trinajstić information content (AvgIpc) is 2.39. The molecule has 0 aromatic heterocycles. The summed E-state index contributed by atoms with van der Waals surface area (Å²) < 4.78 is 0. The molecule has 0 saturated heterocycles. The average molecular weight is 236 g/mol. The molecule has 0 saturated carbocycles. The molecule has 1 N–H and O–H groups in total. The lowest BCUT2D eigenvalue weighted by Crippen LogP contribution is -2.08. The predicted octanol–water partition coefficient (Wildman–Crippen LogP) is 3.21. The van der Waals surface area contributed by atoms with Gasteiger partial charge < -0.3 is 5.11 Å². The zero-order chi connectivity index (χ0) is 12.5. The Hall–Kier alpha value is -2.35. The minimum absolute atomic E-state index is 0.0555. The van der Waals surface area contributed by atoms with Crippen molar-refractivity contribution < 1.29 is 9.90 Å². The maximum Gasteiger partial charge on any atom is 0.186 e. The van der Waals surface area contributed by atoms with Crippen LogP contribution >= 0.6 is 0 Å². The standard InChI is InChI=1S/C16H12O2/c17-14-7-5-11(6-8-14)13-9-12-3-1-2-4-15(12)16(18)10-13/h1-8,10,17H,9H2. The third kappa shape index (κ3) is 1.82. The first-order valence-corrected chi connectivity index (χ1v) is 5.86. The van der Waals surface area contributed by atoms with Gasteiger partial charge >= 0.3 is 0 Å². The first kappa shape index (κ1) is 10.8. The molecule has 88 valence electrons. The molecule has 0 atom stereocenters. The van der Waals surface area contributed by atoms with E-state index in [1.165, 1.54) is 0 Å². The van der Waals surface area contributed by atoms with E-state index in [1.54, 1.807) is 18.2 Å². The molecule has 1 aliphatic carbocycles. The van der Waals surface area contributed by atoms with Crippen molar-refractivity contribution in [2.75, 3.05) is 0 Å². The Balaban J connectivity index is 2.02. The van der Waals surface area contributed by atoms with Gasteiger partial charge in [0.05, 0.1) is 0 Å². The van der Waals surface area contributed by atoms with Crippen LogP contribution in [0.5, 0.6) is 5.75 Å². The molecule has 0 amide bonds. The number of allylic oxidation sites excluding steroid dienone is 2. The molecule has 1 aliphatic rings. The molecular formula is C16H12O2. The minimum atomic E-state index is 0.0555. The van der Waals surface area contributed by atoms with E-state index < -0.39 is 0 Å². The van der Waals surface area contributed by atoms with Crippen LogP contribution in [0.4, 0.5) is 0 Å². The zero-order valence-corrected chi connectivity index (χ0v) is 9.76. The summed E-state index contributed by atoms with van der Waals surface area (Å²) in [6.45, 7) is 0. The molecule has 0 radical (unpaired) electrons. The van der Waals surface area contributed by atoms with Crippen molar-refractivity contribution in [1.82, 2.24) is 0 Å². The van der Waals surface area contributed by atoms with E-state index in [0.29, 0.717) is 0 Å². The van der Waals surface area contributed by atoms with E-state index in [4.69, 9.17) is 0 Å². The number of benzene rings is 2. The highest BCUT2D eigenvalue weighted by Crippen LogP contribution is 2.28. The Morgan fingerprint density at radius 3 is 2.44 bits per heavy atom. The van der Waals surface area contributed by atoms with E-state index in [-0.39, 0.29) is 11.5 Å². The second kappa shape index (κ2) is 4.15. The Labute approximate surface area is 105 Å². The van der Waals surface area contributed by atoms with E-state index in [2.05, 4.69) is 0 Å². The minimum Gasteiger partial charge on any atom is -0.508 e. The number of rotatable bonds is 1. The number of hydrogen-bond acceptors (Lipinski definition) is 2. The van der Waals surface area contributed by atoms with Gasteiger partial charge in [0.1, 0.15) is 5.75 Å². The van der Waals surface area contributed by atoms with Crippen molar-refractivity contribution in [3.05, 3.63) is 71.3 Å². The number of hydrogen-bond donors (Lipinski definition) is 1. The van der Waals surface area contributed by atoms with Crippen LogP contribution in [0.1, 0.15) is 21.5 Å². The molecule has 2 nitrogen and oxygen atoms in total. The second-order valence-corrected chi connectivity index (χ2v) is 4.41. The molecule has 0 spiro atoms. The summed E-state index contributed by atoms with van der Waals surface area (Å²) in [5, 5.41) is 9.28. The van der Waals surface area contributed by atoms with Crippen molar-refractivity contribution in [3.8, 4) is 5.75 Å². The van der Waals surface area contributed by atoms with Gasteiger partial charge in [-0.3, -0.25) is 4.79 Å². The van der Waals surface area contributed by atoms with Gasteiger partial charge in [-0.05, 0) is 41.3 Å². The van der Waals surface area contributed by atoms with Gasteiger partial charge in [-0.1, -0.05) is 36.4 Å². The van der Waals surface area contributed by atoms with E-state index in [9.17, 15) is 9.90 Å². The molecule has 0 aliphatic heterocycles. The van der Waals surface area contributed by atoms with E-state index >= 15 is 0 Å². The van der Waals surface area contributed by atoms with E-state index in [0.717, 1.165) is 28.7 Å². The summed E-state index contributed by atoms with van der Waals surface area (Å²) in [5.41, 5.74) is 3.84. The first-order chi connectivity index (χ1) is 8.74. The van der Waals surface area contributed by atoms with Crippen LogP contribution in [0.3, 0.4) is 0 Å². The fraction of sp³-hybridized carbons (Fsp3) is 0.0625. The van der Waals surface area contributed by atoms with Crippen LogP contribution in [0.15, 0.2) is 54.6 Å². The van der Waals surface area contributed by atoms with Crippen molar-refractivity contribution in [1.29, 1.82) is 0 Å². The highest BCUT2D eigenvalue weighted by Gasteiger charge is 2.17. The van der Waals surface area contributed by atoms with Crippen molar-refractivity contribution in [2.45, 2.75) is 6.42 Å². The SMILES string of the molecule is O=C1C=C(c2ccc(O)cc2)Cc2ccccc21. The number of phenolic OH excluding ortho intramolecular Hbond substituents is 1. The number of carbonyl (C=O) groups is 1. The lowest BCUT2D eigenvalue weighted by Gasteiger charge is -2.16. The topological polar surface area (TPSA) is 37.3 Å². The summed E-state index contributed by atoms with van der Waals surface area (Å²) in [7, 11) is 0. The third-order valence-corrected chi connectivity index (χ3v) is 3.21.